The first-order valence-electron chi connectivity index (χ1n) is 7.55. The van der Waals surface area contributed by atoms with E-state index in [1.54, 1.807) is 0 Å². The predicted octanol–water partition coefficient (Wildman–Crippen LogP) is 2.67. The van der Waals surface area contributed by atoms with Crippen molar-refractivity contribution in [2.24, 2.45) is 0 Å². The van der Waals surface area contributed by atoms with Crippen LogP contribution in [0.4, 0.5) is 0 Å². The first-order valence-corrected chi connectivity index (χ1v) is 7.55. The molecule has 116 valence electrons. The molecule has 1 amide bonds. The van der Waals surface area contributed by atoms with Crippen LogP contribution in [0.2, 0.25) is 0 Å². The van der Waals surface area contributed by atoms with E-state index in [0.717, 1.165) is 18.4 Å². The highest BCUT2D eigenvalue weighted by Crippen LogP contribution is 2.20. The maximum atomic E-state index is 12.1. The van der Waals surface area contributed by atoms with Gasteiger partial charge in [-0.15, -0.1) is 0 Å². The third-order valence-corrected chi connectivity index (χ3v) is 3.56. The molecule has 0 bridgehead atoms. The second-order valence-corrected chi connectivity index (χ2v) is 6.36. The minimum absolute atomic E-state index is 0.0346. The predicted molar refractivity (Wildman–Crippen MR) is 81.9 cm³/mol. The fourth-order valence-corrected chi connectivity index (χ4v) is 2.44. The van der Waals surface area contributed by atoms with Gasteiger partial charge in [-0.2, -0.15) is 0 Å². The Hall–Kier alpha value is -1.39. The van der Waals surface area contributed by atoms with Gasteiger partial charge in [0.25, 0.3) is 0 Å². The van der Waals surface area contributed by atoms with Crippen LogP contribution < -0.4 is 5.32 Å². The van der Waals surface area contributed by atoms with Crippen LogP contribution in [0, 0.1) is 0 Å². The summed E-state index contributed by atoms with van der Waals surface area (Å²) >= 11 is 0. The summed E-state index contributed by atoms with van der Waals surface area (Å²) in [5, 5.41) is 3.02. The van der Waals surface area contributed by atoms with Crippen LogP contribution >= 0.6 is 0 Å². The van der Waals surface area contributed by atoms with Gasteiger partial charge in [0.2, 0.25) is 5.91 Å². The normalized spacial score (nSPS) is 22.2. The summed E-state index contributed by atoms with van der Waals surface area (Å²) in [6, 6.07) is 10.0. The number of carbonyl (C=O) groups is 1. The van der Waals surface area contributed by atoms with Gasteiger partial charge in [-0.05, 0) is 39.2 Å². The van der Waals surface area contributed by atoms with Crippen molar-refractivity contribution in [1.82, 2.24) is 5.32 Å². The van der Waals surface area contributed by atoms with Crippen molar-refractivity contribution < 1.29 is 14.3 Å². The Balaban J connectivity index is 1.75. The summed E-state index contributed by atoms with van der Waals surface area (Å²) < 4.78 is 11.3. The van der Waals surface area contributed by atoms with Crippen molar-refractivity contribution in [3.8, 4) is 0 Å². The number of ether oxygens (including phenoxy) is 2. The van der Waals surface area contributed by atoms with E-state index in [4.69, 9.17) is 9.47 Å². The molecule has 0 spiro atoms. The Kier molecular flexibility index (Phi) is 5.37. The minimum Gasteiger partial charge on any atom is -0.374 e. The second kappa shape index (κ2) is 7.05. The standard InChI is InChI=1S/C17H25NO3/c1-13-9-10-15(21-13)16(19)18-17(2,3)12-20-11-14-7-5-4-6-8-14/h4-8,13,15H,9-12H2,1-3H3,(H,18,19)/t13-,15-/m1/s1. The SMILES string of the molecule is C[C@@H]1CC[C@H](C(=O)NC(C)(C)COCc2ccccc2)O1. The zero-order valence-electron chi connectivity index (χ0n) is 13.1. The van der Waals surface area contributed by atoms with Crippen LogP contribution in [0.25, 0.3) is 0 Å². The van der Waals surface area contributed by atoms with Gasteiger partial charge in [-0.1, -0.05) is 30.3 Å². The average molecular weight is 291 g/mol. The number of nitrogens with one attached hydrogen (secondary N) is 1. The molecule has 2 rings (SSSR count). The smallest absolute Gasteiger partial charge is 0.249 e. The van der Waals surface area contributed by atoms with E-state index in [0.29, 0.717) is 13.2 Å². The van der Waals surface area contributed by atoms with Crippen LogP contribution in [0.1, 0.15) is 39.2 Å². The zero-order valence-corrected chi connectivity index (χ0v) is 13.1. The van der Waals surface area contributed by atoms with Crippen LogP contribution in [0.3, 0.4) is 0 Å². The lowest BCUT2D eigenvalue weighted by molar-refractivity contribution is -0.134. The number of carbonyl (C=O) groups excluding carboxylic acids is 1. The third-order valence-electron chi connectivity index (χ3n) is 3.56. The van der Waals surface area contributed by atoms with Crippen molar-refractivity contribution in [1.29, 1.82) is 0 Å². The van der Waals surface area contributed by atoms with Gasteiger partial charge in [0.15, 0.2) is 0 Å². The highest BCUT2D eigenvalue weighted by Gasteiger charge is 2.31. The van der Waals surface area contributed by atoms with Crippen molar-refractivity contribution in [2.45, 2.75) is 58.0 Å². The van der Waals surface area contributed by atoms with E-state index in [-0.39, 0.29) is 18.1 Å². The van der Waals surface area contributed by atoms with E-state index < -0.39 is 5.54 Å². The van der Waals surface area contributed by atoms with Gasteiger partial charge in [-0.3, -0.25) is 4.79 Å². The van der Waals surface area contributed by atoms with Gasteiger partial charge in [0.05, 0.1) is 24.9 Å². The first kappa shape index (κ1) is 16.0. The number of hydrogen-bond donors (Lipinski definition) is 1. The molecule has 1 N–H and O–H groups in total. The van der Waals surface area contributed by atoms with Gasteiger partial charge >= 0.3 is 0 Å². The molecule has 2 atom stereocenters. The molecule has 1 heterocycles. The summed E-state index contributed by atoms with van der Waals surface area (Å²) in [7, 11) is 0. The van der Waals surface area contributed by atoms with E-state index in [1.807, 2.05) is 51.1 Å². The minimum atomic E-state index is -0.402. The molecule has 0 unspecified atom stereocenters. The molecule has 0 aromatic heterocycles. The molecule has 4 heteroatoms. The Morgan fingerprint density at radius 1 is 1.33 bits per heavy atom. The van der Waals surface area contributed by atoms with Crippen molar-refractivity contribution >= 4 is 5.91 Å². The molecule has 0 aliphatic carbocycles. The molecule has 1 fully saturated rings. The van der Waals surface area contributed by atoms with Gasteiger partial charge in [0, 0.05) is 0 Å². The molecular weight excluding hydrogens is 266 g/mol. The second-order valence-electron chi connectivity index (χ2n) is 6.36. The summed E-state index contributed by atoms with van der Waals surface area (Å²) in [5.41, 5.74) is 0.730. The molecule has 1 aromatic carbocycles. The van der Waals surface area contributed by atoms with Crippen LogP contribution in [0.15, 0.2) is 30.3 Å². The maximum absolute atomic E-state index is 12.1. The summed E-state index contributed by atoms with van der Waals surface area (Å²) in [5.74, 6) is -0.0346. The van der Waals surface area contributed by atoms with Crippen molar-refractivity contribution in [3.63, 3.8) is 0 Å². The summed E-state index contributed by atoms with van der Waals surface area (Å²) in [6.07, 6.45) is 1.61. The lowest BCUT2D eigenvalue weighted by Crippen LogP contribution is -2.50. The monoisotopic (exact) mass is 291 g/mol. The molecule has 4 nitrogen and oxygen atoms in total. The van der Waals surface area contributed by atoms with Crippen LogP contribution in [-0.2, 0) is 20.9 Å². The third kappa shape index (κ3) is 5.14. The average Bonchev–Trinajstić information content (AvgIpc) is 2.86. The summed E-state index contributed by atoms with van der Waals surface area (Å²) in [4.78, 5) is 12.1. The number of rotatable bonds is 6. The zero-order chi connectivity index (χ0) is 15.3. The topological polar surface area (TPSA) is 47.6 Å². The first-order chi connectivity index (χ1) is 9.96. The molecule has 1 aliphatic rings. The van der Waals surface area contributed by atoms with Crippen LogP contribution in [0.5, 0.6) is 0 Å². The summed E-state index contributed by atoms with van der Waals surface area (Å²) in [6.45, 7) is 6.96. The van der Waals surface area contributed by atoms with E-state index in [9.17, 15) is 4.79 Å². The van der Waals surface area contributed by atoms with E-state index in [2.05, 4.69) is 5.32 Å². The number of benzene rings is 1. The molecule has 0 radical (unpaired) electrons. The van der Waals surface area contributed by atoms with Crippen molar-refractivity contribution in [3.05, 3.63) is 35.9 Å². The van der Waals surface area contributed by atoms with E-state index >= 15 is 0 Å². The van der Waals surface area contributed by atoms with Gasteiger partial charge in [-0.25, -0.2) is 0 Å². The largest absolute Gasteiger partial charge is 0.374 e. The Bertz CT molecular complexity index is 458. The molecule has 1 aromatic rings. The van der Waals surface area contributed by atoms with Crippen LogP contribution in [-0.4, -0.2) is 30.3 Å². The number of amides is 1. The molecule has 21 heavy (non-hydrogen) atoms. The van der Waals surface area contributed by atoms with Gasteiger partial charge in [0.1, 0.15) is 6.10 Å². The number of hydrogen-bond acceptors (Lipinski definition) is 3. The molecular formula is C17H25NO3. The Morgan fingerprint density at radius 2 is 2.05 bits per heavy atom. The Morgan fingerprint density at radius 3 is 2.67 bits per heavy atom. The highest BCUT2D eigenvalue weighted by atomic mass is 16.5. The highest BCUT2D eigenvalue weighted by molar-refractivity contribution is 5.81. The fourth-order valence-electron chi connectivity index (χ4n) is 2.44. The maximum Gasteiger partial charge on any atom is 0.249 e. The lowest BCUT2D eigenvalue weighted by Gasteiger charge is -2.27. The van der Waals surface area contributed by atoms with Crippen molar-refractivity contribution in [2.75, 3.05) is 6.61 Å². The van der Waals surface area contributed by atoms with E-state index in [1.165, 1.54) is 0 Å². The quantitative estimate of drug-likeness (QED) is 0.876. The molecule has 1 aliphatic heterocycles. The van der Waals surface area contributed by atoms with Gasteiger partial charge < -0.3 is 14.8 Å². The molecule has 0 saturated carbocycles. The fraction of sp³-hybridized carbons (Fsp3) is 0.588. The molecule has 1 saturated heterocycles. The Labute approximate surface area is 126 Å². The lowest BCUT2D eigenvalue weighted by atomic mass is 10.1.